The van der Waals surface area contributed by atoms with E-state index in [0.29, 0.717) is 11.3 Å². The number of nitrogens with two attached hydrogens (primary N) is 1. The second-order valence-corrected chi connectivity index (χ2v) is 4.58. The monoisotopic (exact) mass is 268 g/mol. The molecule has 2 atom stereocenters. The van der Waals surface area contributed by atoms with Gasteiger partial charge in [0, 0.05) is 18.7 Å². The molecule has 0 aliphatic rings. The van der Waals surface area contributed by atoms with E-state index in [2.05, 4.69) is 5.32 Å². The third-order valence-corrected chi connectivity index (χ3v) is 2.85. The molecule has 0 saturated heterocycles. The van der Waals surface area contributed by atoms with Crippen LogP contribution in [-0.2, 0) is 11.3 Å². The number of carbonyl (C=O) groups excluding carboxylic acids is 1. The van der Waals surface area contributed by atoms with Gasteiger partial charge in [-0.1, -0.05) is 6.92 Å². The third-order valence-electron chi connectivity index (χ3n) is 2.85. The molecule has 0 fully saturated rings. The van der Waals surface area contributed by atoms with E-state index in [0.717, 1.165) is 6.42 Å². The van der Waals surface area contributed by atoms with E-state index in [1.807, 2.05) is 13.8 Å². The van der Waals surface area contributed by atoms with Crippen molar-refractivity contribution in [3.05, 3.63) is 29.6 Å². The van der Waals surface area contributed by atoms with Gasteiger partial charge in [0.15, 0.2) is 6.10 Å². The number of nitrogens with one attached hydrogen (secondary N) is 1. The van der Waals surface area contributed by atoms with Crippen LogP contribution < -0.4 is 15.8 Å². The van der Waals surface area contributed by atoms with Gasteiger partial charge in [-0.2, -0.15) is 0 Å². The molecule has 1 aromatic rings. The number of halogens is 1. The Bertz CT molecular complexity index is 437. The SMILES string of the molecule is CCC(C)NC(=O)C(C)Oc1cc(F)cc(CN)c1. The minimum absolute atomic E-state index is 0.0886. The zero-order chi connectivity index (χ0) is 14.4. The van der Waals surface area contributed by atoms with Crippen LogP contribution in [0.3, 0.4) is 0 Å². The van der Waals surface area contributed by atoms with Crippen molar-refractivity contribution in [2.75, 3.05) is 0 Å². The first-order chi connectivity index (χ1) is 8.96. The first kappa shape index (κ1) is 15.4. The molecule has 19 heavy (non-hydrogen) atoms. The van der Waals surface area contributed by atoms with Gasteiger partial charge >= 0.3 is 0 Å². The molecule has 106 valence electrons. The van der Waals surface area contributed by atoms with E-state index >= 15 is 0 Å². The van der Waals surface area contributed by atoms with Gasteiger partial charge in [0.1, 0.15) is 11.6 Å². The lowest BCUT2D eigenvalue weighted by atomic mass is 10.2. The number of rotatable bonds is 6. The summed E-state index contributed by atoms with van der Waals surface area (Å²) < 4.78 is 18.7. The van der Waals surface area contributed by atoms with Crippen molar-refractivity contribution in [3.8, 4) is 5.75 Å². The van der Waals surface area contributed by atoms with Crippen LogP contribution in [0, 0.1) is 5.82 Å². The highest BCUT2D eigenvalue weighted by molar-refractivity contribution is 5.80. The van der Waals surface area contributed by atoms with Crippen LogP contribution in [0.1, 0.15) is 32.8 Å². The molecule has 0 heterocycles. The maximum absolute atomic E-state index is 13.3. The highest BCUT2D eigenvalue weighted by Crippen LogP contribution is 2.17. The van der Waals surface area contributed by atoms with Gasteiger partial charge in [0.25, 0.3) is 5.91 Å². The number of carbonyl (C=O) groups is 1. The van der Waals surface area contributed by atoms with E-state index in [-0.39, 0.29) is 18.5 Å². The minimum Gasteiger partial charge on any atom is -0.481 e. The number of hydrogen-bond acceptors (Lipinski definition) is 3. The normalized spacial score (nSPS) is 13.7. The third kappa shape index (κ3) is 4.87. The van der Waals surface area contributed by atoms with Crippen LogP contribution >= 0.6 is 0 Å². The maximum atomic E-state index is 13.3. The van der Waals surface area contributed by atoms with Crippen LogP contribution in [0.5, 0.6) is 5.75 Å². The van der Waals surface area contributed by atoms with Gasteiger partial charge in [0.2, 0.25) is 0 Å². The minimum atomic E-state index is -0.679. The van der Waals surface area contributed by atoms with Crippen LogP contribution in [0.4, 0.5) is 4.39 Å². The molecular formula is C14H21FN2O2. The summed E-state index contributed by atoms with van der Waals surface area (Å²) in [5.41, 5.74) is 6.09. The molecule has 0 radical (unpaired) electrons. The molecule has 3 N–H and O–H groups in total. The average molecular weight is 268 g/mol. The van der Waals surface area contributed by atoms with Crippen LogP contribution in [0.25, 0.3) is 0 Å². The van der Waals surface area contributed by atoms with Crippen molar-refractivity contribution in [1.82, 2.24) is 5.32 Å². The summed E-state index contributed by atoms with van der Waals surface area (Å²) in [5.74, 6) is -0.326. The number of hydrogen-bond donors (Lipinski definition) is 2. The van der Waals surface area contributed by atoms with Gasteiger partial charge in [-0.25, -0.2) is 4.39 Å². The molecule has 0 bridgehead atoms. The summed E-state index contributed by atoms with van der Waals surface area (Å²) >= 11 is 0. The van der Waals surface area contributed by atoms with Gasteiger partial charge in [-0.3, -0.25) is 4.79 Å². The topological polar surface area (TPSA) is 64.3 Å². The Morgan fingerprint density at radius 1 is 1.42 bits per heavy atom. The molecule has 0 saturated carbocycles. The smallest absolute Gasteiger partial charge is 0.260 e. The fourth-order valence-corrected chi connectivity index (χ4v) is 1.53. The summed E-state index contributed by atoms with van der Waals surface area (Å²) in [7, 11) is 0. The van der Waals surface area contributed by atoms with E-state index in [1.54, 1.807) is 13.0 Å². The molecule has 1 amide bonds. The largest absolute Gasteiger partial charge is 0.481 e. The summed E-state index contributed by atoms with van der Waals surface area (Å²) in [5, 5.41) is 2.81. The Kier molecular flexibility index (Phi) is 5.76. The van der Waals surface area contributed by atoms with Crippen molar-refractivity contribution >= 4 is 5.91 Å². The summed E-state index contributed by atoms with van der Waals surface area (Å²) in [6.45, 7) is 5.75. The van der Waals surface area contributed by atoms with Gasteiger partial charge in [-0.05, 0) is 38.0 Å². The molecule has 0 aromatic heterocycles. The first-order valence-electron chi connectivity index (χ1n) is 6.42. The molecular weight excluding hydrogens is 247 g/mol. The summed E-state index contributed by atoms with van der Waals surface area (Å²) in [6.07, 6.45) is 0.164. The Balaban J connectivity index is 2.68. The van der Waals surface area contributed by atoms with Crippen molar-refractivity contribution in [3.63, 3.8) is 0 Å². The summed E-state index contributed by atoms with van der Waals surface area (Å²) in [4.78, 5) is 11.8. The lowest BCUT2D eigenvalue weighted by molar-refractivity contribution is -0.127. The Labute approximate surface area is 113 Å². The quantitative estimate of drug-likeness (QED) is 0.829. The van der Waals surface area contributed by atoms with Crippen molar-refractivity contribution in [2.45, 2.75) is 45.9 Å². The van der Waals surface area contributed by atoms with Gasteiger partial charge in [0.05, 0.1) is 0 Å². The number of amides is 1. The van der Waals surface area contributed by atoms with E-state index in [1.165, 1.54) is 12.1 Å². The molecule has 4 nitrogen and oxygen atoms in total. The van der Waals surface area contributed by atoms with Crippen molar-refractivity contribution in [1.29, 1.82) is 0 Å². The van der Waals surface area contributed by atoms with Crippen molar-refractivity contribution < 1.29 is 13.9 Å². The Morgan fingerprint density at radius 3 is 2.68 bits per heavy atom. The van der Waals surface area contributed by atoms with Gasteiger partial charge in [-0.15, -0.1) is 0 Å². The second-order valence-electron chi connectivity index (χ2n) is 4.58. The fourth-order valence-electron chi connectivity index (χ4n) is 1.53. The summed E-state index contributed by atoms with van der Waals surface area (Å²) in [6, 6.07) is 4.31. The fraction of sp³-hybridized carbons (Fsp3) is 0.500. The lowest BCUT2D eigenvalue weighted by Crippen LogP contribution is -2.41. The second kappa shape index (κ2) is 7.09. The molecule has 1 aromatic carbocycles. The molecule has 2 unspecified atom stereocenters. The first-order valence-corrected chi connectivity index (χ1v) is 6.42. The standard InChI is InChI=1S/C14H21FN2O2/c1-4-9(2)17-14(18)10(3)19-13-6-11(8-16)5-12(15)7-13/h5-7,9-10H,4,8,16H2,1-3H3,(H,17,18). The van der Waals surface area contributed by atoms with Crippen LogP contribution in [-0.4, -0.2) is 18.1 Å². The number of ether oxygens (including phenoxy) is 1. The zero-order valence-electron chi connectivity index (χ0n) is 11.6. The van der Waals surface area contributed by atoms with Crippen LogP contribution in [0.15, 0.2) is 18.2 Å². The highest BCUT2D eigenvalue weighted by atomic mass is 19.1. The van der Waals surface area contributed by atoms with Crippen LogP contribution in [0.2, 0.25) is 0 Å². The predicted molar refractivity (Wildman–Crippen MR) is 72.3 cm³/mol. The molecule has 1 rings (SSSR count). The zero-order valence-corrected chi connectivity index (χ0v) is 11.6. The molecule has 0 aliphatic carbocycles. The molecule has 0 spiro atoms. The van der Waals surface area contributed by atoms with Gasteiger partial charge < -0.3 is 15.8 Å². The van der Waals surface area contributed by atoms with E-state index in [9.17, 15) is 9.18 Å². The molecule has 5 heteroatoms. The Hall–Kier alpha value is -1.62. The van der Waals surface area contributed by atoms with E-state index < -0.39 is 11.9 Å². The van der Waals surface area contributed by atoms with E-state index in [4.69, 9.17) is 10.5 Å². The number of benzene rings is 1. The molecule has 0 aliphatic heterocycles. The average Bonchev–Trinajstić information content (AvgIpc) is 2.37. The predicted octanol–water partition coefficient (Wildman–Crippen LogP) is 1.97. The Morgan fingerprint density at radius 2 is 2.11 bits per heavy atom. The highest BCUT2D eigenvalue weighted by Gasteiger charge is 2.16. The maximum Gasteiger partial charge on any atom is 0.260 e. The lowest BCUT2D eigenvalue weighted by Gasteiger charge is -2.18. The van der Waals surface area contributed by atoms with Crippen molar-refractivity contribution in [2.24, 2.45) is 5.73 Å².